The lowest BCUT2D eigenvalue weighted by atomic mass is 9.56. The van der Waals surface area contributed by atoms with Crippen LogP contribution >= 0.6 is 34.5 Å². The Morgan fingerprint density at radius 2 is 1.60 bits per heavy atom. The number of hydrogen-bond acceptors (Lipinski definition) is 7. The Balaban J connectivity index is 1.43. The molecule has 2 aromatic carbocycles. The van der Waals surface area contributed by atoms with Crippen molar-refractivity contribution >= 4 is 63.9 Å². The summed E-state index contributed by atoms with van der Waals surface area (Å²) in [5, 5.41) is 12.0. The molecule has 0 radical (unpaired) electrons. The number of aromatic hydroxyl groups is 1. The number of hydrogen-bond donors (Lipinski definition) is 1. The van der Waals surface area contributed by atoms with Crippen molar-refractivity contribution in [2.45, 2.75) is 35.1 Å². The molecular formula is C32H21Cl2F5N2O6S. The second kappa shape index (κ2) is 11.0. The molecule has 7 rings (SSSR count). The van der Waals surface area contributed by atoms with Crippen molar-refractivity contribution in [2.75, 3.05) is 12.0 Å². The second-order valence-electron chi connectivity index (χ2n) is 12.0. The van der Waals surface area contributed by atoms with Gasteiger partial charge in [-0.05, 0) is 36.3 Å². The molecule has 48 heavy (non-hydrogen) atoms. The maximum Gasteiger partial charge on any atom is 0.258 e. The third kappa shape index (κ3) is 4.11. The van der Waals surface area contributed by atoms with E-state index in [0.29, 0.717) is 0 Å². The van der Waals surface area contributed by atoms with E-state index in [1.165, 1.54) is 30.6 Å². The molecule has 6 atom stereocenters. The van der Waals surface area contributed by atoms with Crippen LogP contribution in [0, 0.1) is 46.8 Å². The van der Waals surface area contributed by atoms with Crippen LogP contribution in [0.1, 0.15) is 29.2 Å². The molecule has 4 amide bonds. The van der Waals surface area contributed by atoms with Crippen LogP contribution in [0.3, 0.4) is 0 Å². The number of halogens is 7. The Morgan fingerprint density at radius 3 is 2.23 bits per heavy atom. The van der Waals surface area contributed by atoms with Gasteiger partial charge in [-0.3, -0.25) is 24.1 Å². The van der Waals surface area contributed by atoms with E-state index in [0.717, 1.165) is 15.8 Å². The van der Waals surface area contributed by atoms with E-state index in [-0.39, 0.29) is 40.5 Å². The number of anilines is 1. The summed E-state index contributed by atoms with van der Waals surface area (Å²) < 4.78 is 78.6. The predicted octanol–water partition coefficient (Wildman–Crippen LogP) is 5.92. The lowest BCUT2D eigenvalue weighted by Gasteiger charge is -2.50. The molecular weight excluding hydrogens is 706 g/mol. The first-order valence-corrected chi connectivity index (χ1v) is 16.0. The minimum absolute atomic E-state index is 0.00462. The van der Waals surface area contributed by atoms with E-state index in [1.807, 2.05) is 0 Å². The zero-order chi connectivity index (χ0) is 34.6. The summed E-state index contributed by atoms with van der Waals surface area (Å²) in [5.41, 5.74) is -1.54. The Labute approximate surface area is 282 Å². The number of rotatable bonds is 5. The lowest BCUT2D eigenvalue weighted by Crippen LogP contribution is -2.60. The maximum absolute atomic E-state index is 15.2. The topological polar surface area (TPSA) is 104 Å². The van der Waals surface area contributed by atoms with E-state index >= 15 is 8.78 Å². The number of imide groups is 2. The highest BCUT2D eigenvalue weighted by molar-refractivity contribution is 7.09. The standard InChI is InChI=1S/C32H21Cl2F5N2O6S/c1-47-18-9-12(42)4-5-15(18)20-14-6-7-16-19(28(44)40(27(16)43)11-13-3-2-8-48-13)17(14)10-31(33)29(45)41(30(46)32(20,31)34)26-24(38)22(36)21(35)23(37)25(26)39/h2-6,8-9,16-17,19-20,42H,7,10-11H2,1H3. The van der Waals surface area contributed by atoms with Crippen LogP contribution < -0.4 is 9.64 Å². The van der Waals surface area contributed by atoms with Gasteiger partial charge in [0.15, 0.2) is 33.0 Å². The van der Waals surface area contributed by atoms with Crippen molar-refractivity contribution in [1.29, 1.82) is 0 Å². The second-order valence-corrected chi connectivity index (χ2v) is 14.2. The molecule has 0 spiro atoms. The number of phenols is 1. The summed E-state index contributed by atoms with van der Waals surface area (Å²) >= 11 is 15.6. The number of methoxy groups -OCH3 is 1. The molecule has 3 aromatic rings. The highest BCUT2D eigenvalue weighted by atomic mass is 35.5. The summed E-state index contributed by atoms with van der Waals surface area (Å²) in [6.45, 7) is -0.0174. The third-order valence-electron chi connectivity index (χ3n) is 9.73. The Kier molecular flexibility index (Phi) is 7.46. The first-order valence-electron chi connectivity index (χ1n) is 14.4. The maximum atomic E-state index is 15.2. The highest BCUT2D eigenvalue weighted by Crippen LogP contribution is 2.66. The molecule has 1 aromatic heterocycles. The molecule has 250 valence electrons. The van der Waals surface area contributed by atoms with Gasteiger partial charge in [0.05, 0.1) is 25.5 Å². The Bertz CT molecular complexity index is 1970. The van der Waals surface area contributed by atoms with Gasteiger partial charge in [-0.1, -0.05) is 23.8 Å². The van der Waals surface area contributed by atoms with Gasteiger partial charge < -0.3 is 9.84 Å². The highest BCUT2D eigenvalue weighted by Gasteiger charge is 2.77. The number of fused-ring (bicyclic) bond motifs is 4. The summed E-state index contributed by atoms with van der Waals surface area (Å²) in [6, 6.07) is 7.18. The Morgan fingerprint density at radius 1 is 0.938 bits per heavy atom. The number of carbonyl (C=O) groups excluding carboxylic acids is 4. The zero-order valence-electron chi connectivity index (χ0n) is 24.4. The van der Waals surface area contributed by atoms with Crippen molar-refractivity contribution in [3.63, 3.8) is 0 Å². The van der Waals surface area contributed by atoms with E-state index in [4.69, 9.17) is 27.9 Å². The molecule has 3 fully saturated rings. The largest absolute Gasteiger partial charge is 0.508 e. The fraction of sp³-hybridized carbons (Fsp3) is 0.312. The van der Waals surface area contributed by atoms with E-state index in [9.17, 15) is 37.5 Å². The molecule has 2 aliphatic carbocycles. The fourth-order valence-electron chi connectivity index (χ4n) is 7.63. The average Bonchev–Trinajstić information content (AvgIpc) is 3.71. The van der Waals surface area contributed by atoms with Crippen LogP contribution in [-0.4, -0.2) is 50.5 Å². The molecule has 1 saturated carbocycles. The molecule has 2 aliphatic heterocycles. The van der Waals surface area contributed by atoms with Crippen molar-refractivity contribution < 1.29 is 51.0 Å². The van der Waals surface area contributed by atoms with E-state index in [2.05, 4.69) is 0 Å². The summed E-state index contributed by atoms with van der Waals surface area (Å²) in [6.07, 6.45) is 0.969. The summed E-state index contributed by atoms with van der Waals surface area (Å²) in [7, 11) is 1.23. The molecule has 3 heterocycles. The number of benzene rings is 2. The van der Waals surface area contributed by atoms with Crippen LogP contribution in [0.4, 0.5) is 27.6 Å². The number of allylic oxidation sites excluding steroid dienone is 2. The normalized spacial score (nSPS) is 29.6. The van der Waals surface area contributed by atoms with Crippen LogP contribution in [0.5, 0.6) is 11.5 Å². The molecule has 0 bridgehead atoms. The molecule has 2 saturated heterocycles. The first kappa shape index (κ1) is 32.5. The van der Waals surface area contributed by atoms with Crippen LogP contribution in [0.15, 0.2) is 47.4 Å². The number of nitrogens with zero attached hydrogens (tertiary/aromatic N) is 2. The molecule has 6 unspecified atom stereocenters. The summed E-state index contributed by atoms with van der Waals surface area (Å²) in [5.74, 6) is -21.5. The summed E-state index contributed by atoms with van der Waals surface area (Å²) in [4.78, 5) is 52.4. The molecule has 16 heteroatoms. The van der Waals surface area contributed by atoms with Gasteiger partial charge in [0.1, 0.15) is 17.2 Å². The first-order chi connectivity index (χ1) is 22.7. The van der Waals surface area contributed by atoms with Crippen LogP contribution in [0.2, 0.25) is 0 Å². The number of alkyl halides is 2. The van der Waals surface area contributed by atoms with Crippen molar-refractivity contribution in [3.05, 3.63) is 86.9 Å². The molecule has 1 N–H and O–H groups in total. The Hall–Kier alpha value is -4.01. The van der Waals surface area contributed by atoms with E-state index < -0.39 is 98.2 Å². The monoisotopic (exact) mass is 726 g/mol. The number of ether oxygens (including phenoxy) is 1. The smallest absolute Gasteiger partial charge is 0.258 e. The van der Waals surface area contributed by atoms with Crippen LogP contribution in [0.25, 0.3) is 0 Å². The number of phenolic OH excluding ortho intramolecular Hbond substituents is 1. The predicted molar refractivity (Wildman–Crippen MR) is 161 cm³/mol. The van der Waals surface area contributed by atoms with Gasteiger partial charge in [0, 0.05) is 22.4 Å². The number of likely N-dealkylation sites (tertiary alicyclic amines) is 1. The van der Waals surface area contributed by atoms with Crippen molar-refractivity contribution in [2.24, 2.45) is 17.8 Å². The van der Waals surface area contributed by atoms with Gasteiger partial charge >= 0.3 is 0 Å². The van der Waals surface area contributed by atoms with Gasteiger partial charge in [-0.25, -0.2) is 26.9 Å². The van der Waals surface area contributed by atoms with Gasteiger partial charge in [-0.2, -0.15) is 0 Å². The van der Waals surface area contributed by atoms with Gasteiger partial charge in [0.2, 0.25) is 17.6 Å². The number of thiophene rings is 1. The lowest BCUT2D eigenvalue weighted by molar-refractivity contribution is -0.141. The zero-order valence-corrected chi connectivity index (χ0v) is 26.7. The fourth-order valence-corrected chi connectivity index (χ4v) is 9.25. The van der Waals surface area contributed by atoms with E-state index in [1.54, 1.807) is 23.6 Å². The van der Waals surface area contributed by atoms with Gasteiger partial charge in [0.25, 0.3) is 11.8 Å². The SMILES string of the molecule is COc1cc(O)ccc1C1C2=CCC3C(=O)N(Cc4cccs4)C(=O)C3C2CC2(Cl)C(=O)N(c3c(F)c(F)c(F)c(F)c3F)C(=O)C12Cl. The number of amides is 4. The number of carbonyl (C=O) groups is 4. The van der Waals surface area contributed by atoms with Crippen molar-refractivity contribution in [3.8, 4) is 11.5 Å². The molecule has 4 aliphatic rings. The minimum Gasteiger partial charge on any atom is -0.508 e. The van der Waals surface area contributed by atoms with Crippen molar-refractivity contribution in [1.82, 2.24) is 4.90 Å². The third-order valence-corrected chi connectivity index (χ3v) is 12.0. The van der Waals surface area contributed by atoms with Crippen LogP contribution in [-0.2, 0) is 25.7 Å². The quantitative estimate of drug-likeness (QED) is 0.0875. The van der Waals surface area contributed by atoms with Gasteiger partial charge in [-0.15, -0.1) is 34.5 Å². The minimum atomic E-state index is -2.70. The average molecular weight is 727 g/mol. The molecule has 8 nitrogen and oxygen atoms in total.